The van der Waals surface area contributed by atoms with Gasteiger partial charge in [0, 0.05) is 57.0 Å². The molecule has 0 radical (unpaired) electrons. The predicted octanol–water partition coefficient (Wildman–Crippen LogP) is 2.76. The van der Waals surface area contributed by atoms with E-state index in [-0.39, 0.29) is 42.0 Å². The highest BCUT2D eigenvalue weighted by Gasteiger charge is 2.56. The Hall–Kier alpha value is -2.44. The van der Waals surface area contributed by atoms with Crippen molar-refractivity contribution in [2.24, 2.45) is 17.8 Å². The molecule has 5 rings (SSSR count). The zero-order valence-corrected chi connectivity index (χ0v) is 19.0. The Morgan fingerprint density at radius 2 is 1.81 bits per heavy atom. The SMILES string of the molecule is CN(C)C(=O)[C@H]1[C@H](CO)[C@H]2Cn3c(ccc(-c4ccccc4)c3=O)[C@@H]1N2CC1CCCC1. The number of pyridine rings is 1. The Bertz CT molecular complexity index is 1040. The van der Waals surface area contributed by atoms with Crippen molar-refractivity contribution in [1.82, 2.24) is 14.4 Å². The summed E-state index contributed by atoms with van der Waals surface area (Å²) in [5, 5.41) is 10.4. The van der Waals surface area contributed by atoms with Crippen LogP contribution in [0.4, 0.5) is 0 Å². The molecule has 1 aromatic heterocycles. The van der Waals surface area contributed by atoms with Crippen LogP contribution in [0.5, 0.6) is 0 Å². The van der Waals surface area contributed by atoms with Crippen LogP contribution in [0, 0.1) is 17.8 Å². The summed E-state index contributed by atoms with van der Waals surface area (Å²) in [6, 6.07) is 13.5. The Morgan fingerprint density at radius 1 is 1.09 bits per heavy atom. The first-order valence-electron chi connectivity index (χ1n) is 11.9. The fourth-order valence-electron chi connectivity index (χ4n) is 6.38. The molecule has 1 amide bonds. The third-order valence-corrected chi connectivity index (χ3v) is 7.92. The molecule has 1 saturated heterocycles. The highest BCUT2D eigenvalue weighted by atomic mass is 16.3. The number of fused-ring (bicyclic) bond motifs is 4. The molecule has 2 aliphatic heterocycles. The van der Waals surface area contributed by atoms with Crippen LogP contribution in [0.15, 0.2) is 47.3 Å². The van der Waals surface area contributed by atoms with E-state index in [2.05, 4.69) is 4.90 Å². The van der Waals surface area contributed by atoms with Gasteiger partial charge in [0.05, 0.1) is 12.0 Å². The molecular weight excluding hydrogens is 402 g/mol. The van der Waals surface area contributed by atoms with Crippen LogP contribution in [-0.2, 0) is 11.3 Å². The normalized spacial score (nSPS) is 27.5. The first kappa shape index (κ1) is 21.4. The molecule has 0 spiro atoms. The Morgan fingerprint density at radius 3 is 2.47 bits per heavy atom. The van der Waals surface area contributed by atoms with Crippen molar-refractivity contribution in [2.45, 2.75) is 44.3 Å². The Kier molecular flexibility index (Phi) is 5.68. The van der Waals surface area contributed by atoms with E-state index >= 15 is 0 Å². The molecule has 2 fully saturated rings. The van der Waals surface area contributed by atoms with Gasteiger partial charge in [0.15, 0.2) is 0 Å². The van der Waals surface area contributed by atoms with E-state index in [1.165, 1.54) is 25.7 Å². The van der Waals surface area contributed by atoms with Crippen LogP contribution >= 0.6 is 0 Å². The molecule has 32 heavy (non-hydrogen) atoms. The van der Waals surface area contributed by atoms with Crippen molar-refractivity contribution in [2.75, 3.05) is 27.2 Å². The number of aromatic nitrogens is 1. The molecule has 1 N–H and O–H groups in total. The number of aliphatic hydroxyl groups excluding tert-OH is 1. The first-order valence-corrected chi connectivity index (χ1v) is 11.9. The topological polar surface area (TPSA) is 65.8 Å². The van der Waals surface area contributed by atoms with Crippen molar-refractivity contribution in [3.8, 4) is 11.1 Å². The fourth-order valence-corrected chi connectivity index (χ4v) is 6.38. The van der Waals surface area contributed by atoms with Gasteiger partial charge in [-0.25, -0.2) is 0 Å². The zero-order valence-electron chi connectivity index (χ0n) is 19.0. The van der Waals surface area contributed by atoms with Crippen molar-refractivity contribution >= 4 is 5.91 Å². The minimum atomic E-state index is -0.336. The smallest absolute Gasteiger partial charge is 0.258 e. The van der Waals surface area contributed by atoms with E-state index in [0.717, 1.165) is 17.8 Å². The summed E-state index contributed by atoms with van der Waals surface area (Å²) >= 11 is 0. The van der Waals surface area contributed by atoms with Gasteiger partial charge in [0.1, 0.15) is 0 Å². The van der Waals surface area contributed by atoms with E-state index in [1.807, 2.05) is 47.0 Å². The summed E-state index contributed by atoms with van der Waals surface area (Å²) in [5.41, 5.74) is 2.51. The molecule has 0 unspecified atom stereocenters. The lowest BCUT2D eigenvalue weighted by atomic mass is 9.86. The highest BCUT2D eigenvalue weighted by molar-refractivity contribution is 5.80. The number of benzene rings is 1. The standard InChI is InChI=1S/C26H33N3O3/c1-27(2)26(32)23-20(16-30)22-15-29-21(24(23)28(22)14-17-8-6-7-9-17)13-12-19(25(29)31)18-10-4-3-5-11-18/h3-5,10-13,17,20,22-24,30H,6-9,14-16H2,1-2H3/t20-,22-,23+,24+/m1/s1. The van der Waals surface area contributed by atoms with Gasteiger partial charge in [-0.1, -0.05) is 43.2 Å². The van der Waals surface area contributed by atoms with Crippen molar-refractivity contribution in [3.05, 3.63) is 58.5 Å². The number of carbonyl (C=O) groups is 1. The van der Waals surface area contributed by atoms with E-state index in [0.29, 0.717) is 18.0 Å². The molecule has 3 heterocycles. The minimum absolute atomic E-state index is 0.00106. The zero-order chi connectivity index (χ0) is 22.4. The van der Waals surface area contributed by atoms with E-state index < -0.39 is 0 Å². The molecular formula is C26H33N3O3. The molecule has 170 valence electrons. The van der Waals surface area contributed by atoms with Gasteiger partial charge in [-0.2, -0.15) is 0 Å². The highest BCUT2D eigenvalue weighted by Crippen LogP contribution is 2.49. The molecule has 1 aromatic carbocycles. The van der Waals surface area contributed by atoms with E-state index in [9.17, 15) is 14.7 Å². The molecule has 2 aromatic rings. The summed E-state index contributed by atoms with van der Waals surface area (Å²) in [5.74, 6) is 0.170. The average Bonchev–Trinajstić information content (AvgIpc) is 3.38. The fraction of sp³-hybridized carbons (Fsp3) is 0.538. The number of aliphatic hydroxyl groups is 1. The second-order valence-corrected chi connectivity index (χ2v) is 9.92. The second kappa shape index (κ2) is 8.49. The third kappa shape index (κ3) is 3.41. The molecule has 6 nitrogen and oxygen atoms in total. The molecule has 1 aliphatic carbocycles. The maximum atomic E-state index is 13.6. The van der Waals surface area contributed by atoms with Crippen LogP contribution in [0.2, 0.25) is 0 Å². The molecule has 2 bridgehead atoms. The van der Waals surface area contributed by atoms with Crippen LogP contribution in [-0.4, -0.2) is 58.7 Å². The number of nitrogens with zero attached hydrogens (tertiary/aromatic N) is 3. The monoisotopic (exact) mass is 435 g/mol. The third-order valence-electron chi connectivity index (χ3n) is 7.92. The van der Waals surface area contributed by atoms with Crippen molar-refractivity contribution in [3.63, 3.8) is 0 Å². The van der Waals surface area contributed by atoms with Gasteiger partial charge < -0.3 is 14.6 Å². The van der Waals surface area contributed by atoms with Gasteiger partial charge >= 0.3 is 0 Å². The van der Waals surface area contributed by atoms with Crippen molar-refractivity contribution < 1.29 is 9.90 Å². The number of amides is 1. The molecule has 3 aliphatic rings. The van der Waals surface area contributed by atoms with Crippen LogP contribution < -0.4 is 5.56 Å². The Balaban J connectivity index is 1.61. The first-order chi connectivity index (χ1) is 15.5. The summed E-state index contributed by atoms with van der Waals surface area (Å²) in [6.45, 7) is 1.43. The predicted molar refractivity (Wildman–Crippen MR) is 124 cm³/mol. The quantitative estimate of drug-likeness (QED) is 0.784. The van der Waals surface area contributed by atoms with Gasteiger partial charge in [-0.3, -0.25) is 14.5 Å². The number of rotatable bonds is 5. The molecule has 6 heteroatoms. The summed E-state index contributed by atoms with van der Waals surface area (Å²) in [4.78, 5) is 31.0. The second-order valence-electron chi connectivity index (χ2n) is 9.92. The minimum Gasteiger partial charge on any atom is -0.396 e. The van der Waals surface area contributed by atoms with Crippen LogP contribution in [0.3, 0.4) is 0 Å². The van der Waals surface area contributed by atoms with Gasteiger partial charge in [-0.15, -0.1) is 0 Å². The van der Waals surface area contributed by atoms with Crippen LogP contribution in [0.1, 0.15) is 37.4 Å². The Labute approximate surface area is 189 Å². The number of hydrogen-bond acceptors (Lipinski definition) is 4. The summed E-state index contributed by atoms with van der Waals surface area (Å²) < 4.78 is 1.88. The summed E-state index contributed by atoms with van der Waals surface area (Å²) in [6.07, 6.45) is 5.00. The van der Waals surface area contributed by atoms with E-state index in [4.69, 9.17) is 0 Å². The van der Waals surface area contributed by atoms with Crippen LogP contribution in [0.25, 0.3) is 11.1 Å². The molecule has 1 saturated carbocycles. The van der Waals surface area contributed by atoms with Gasteiger partial charge in [0.25, 0.3) is 5.56 Å². The average molecular weight is 436 g/mol. The lowest BCUT2D eigenvalue weighted by molar-refractivity contribution is -0.135. The van der Waals surface area contributed by atoms with Gasteiger partial charge in [-0.05, 0) is 36.5 Å². The van der Waals surface area contributed by atoms with Gasteiger partial charge in [0.2, 0.25) is 5.91 Å². The van der Waals surface area contributed by atoms with E-state index in [1.54, 1.807) is 19.0 Å². The lowest BCUT2D eigenvalue weighted by Gasteiger charge is -2.39. The lowest BCUT2D eigenvalue weighted by Crippen LogP contribution is -2.48. The summed E-state index contributed by atoms with van der Waals surface area (Å²) in [7, 11) is 3.57. The largest absolute Gasteiger partial charge is 0.396 e. The maximum absolute atomic E-state index is 13.6. The maximum Gasteiger partial charge on any atom is 0.258 e. The number of hydrogen-bond donors (Lipinski definition) is 1. The number of carbonyl (C=O) groups excluding carboxylic acids is 1. The van der Waals surface area contributed by atoms with Crippen molar-refractivity contribution in [1.29, 1.82) is 0 Å². The molecule has 4 atom stereocenters.